The molecule has 0 aliphatic heterocycles. The van der Waals surface area contributed by atoms with E-state index in [9.17, 15) is 9.18 Å². The van der Waals surface area contributed by atoms with Gasteiger partial charge in [0.1, 0.15) is 12.4 Å². The average molecular weight is 212 g/mol. The first-order chi connectivity index (χ1) is 7.15. The number of hydrogen-bond acceptors (Lipinski definition) is 3. The lowest BCUT2D eigenvalue weighted by molar-refractivity contribution is -0.123. The Morgan fingerprint density at radius 1 is 1.47 bits per heavy atom. The van der Waals surface area contributed by atoms with Crippen molar-refractivity contribution in [3.05, 3.63) is 30.1 Å². The molecule has 0 saturated heterocycles. The van der Waals surface area contributed by atoms with Gasteiger partial charge in [0.05, 0.1) is 5.69 Å². The van der Waals surface area contributed by atoms with Gasteiger partial charge in [0.15, 0.2) is 0 Å². The lowest BCUT2D eigenvalue weighted by atomic mass is 10.3. The zero-order chi connectivity index (χ0) is 11.3. The normalized spacial score (nSPS) is 10.1. The largest absolute Gasteiger partial charge is 0.372 e. The molecule has 0 saturated carbocycles. The third kappa shape index (κ3) is 3.30. The number of nitrogens with two attached hydrogens (primary N) is 1. The van der Waals surface area contributed by atoms with E-state index in [0.29, 0.717) is 12.3 Å². The van der Waals surface area contributed by atoms with Crippen molar-refractivity contribution in [1.82, 2.24) is 0 Å². The molecule has 0 spiro atoms. The fourth-order valence-electron chi connectivity index (χ4n) is 1.00. The molecule has 0 aliphatic carbocycles. The maximum Gasteiger partial charge on any atom is 0.267 e. The van der Waals surface area contributed by atoms with Gasteiger partial charge in [0.2, 0.25) is 0 Å². The molecule has 5 heteroatoms. The molecule has 2 N–H and O–H groups in total. The van der Waals surface area contributed by atoms with Gasteiger partial charge in [-0.3, -0.25) is 4.79 Å². The Bertz CT molecular complexity index is 327. The van der Waals surface area contributed by atoms with E-state index >= 15 is 0 Å². The van der Waals surface area contributed by atoms with Crippen molar-refractivity contribution in [2.24, 2.45) is 5.84 Å². The molecule has 1 amide bonds. The minimum Gasteiger partial charge on any atom is -0.372 e. The quantitative estimate of drug-likeness (QED) is 0.461. The summed E-state index contributed by atoms with van der Waals surface area (Å²) in [5, 5.41) is 0.940. The number of benzene rings is 1. The van der Waals surface area contributed by atoms with Crippen molar-refractivity contribution < 1.29 is 13.9 Å². The van der Waals surface area contributed by atoms with E-state index in [-0.39, 0.29) is 18.3 Å². The van der Waals surface area contributed by atoms with E-state index in [2.05, 4.69) is 0 Å². The van der Waals surface area contributed by atoms with Gasteiger partial charge in [-0.15, -0.1) is 0 Å². The van der Waals surface area contributed by atoms with Gasteiger partial charge < -0.3 is 4.74 Å². The van der Waals surface area contributed by atoms with Crippen LogP contribution in [0.3, 0.4) is 0 Å². The minimum absolute atomic E-state index is 0.0790. The highest BCUT2D eigenvalue weighted by Crippen LogP contribution is 2.11. The highest BCUT2D eigenvalue weighted by atomic mass is 19.1. The van der Waals surface area contributed by atoms with E-state index in [1.54, 1.807) is 6.92 Å². The fraction of sp³-hybridized carbons (Fsp3) is 0.300. The van der Waals surface area contributed by atoms with E-state index in [1.165, 1.54) is 24.3 Å². The van der Waals surface area contributed by atoms with Crippen LogP contribution >= 0.6 is 0 Å². The molecule has 1 aromatic rings. The zero-order valence-corrected chi connectivity index (χ0v) is 8.44. The van der Waals surface area contributed by atoms with Crippen LogP contribution in [0.5, 0.6) is 0 Å². The summed E-state index contributed by atoms with van der Waals surface area (Å²) in [7, 11) is 0. The second-order valence-electron chi connectivity index (χ2n) is 2.88. The van der Waals surface area contributed by atoms with Crippen LogP contribution in [0.15, 0.2) is 24.3 Å². The number of hydrogen-bond donors (Lipinski definition) is 1. The molecule has 82 valence electrons. The third-order valence-corrected chi connectivity index (χ3v) is 1.80. The van der Waals surface area contributed by atoms with Crippen LogP contribution in [0.2, 0.25) is 0 Å². The van der Waals surface area contributed by atoms with Gasteiger partial charge in [0.25, 0.3) is 5.91 Å². The number of halogens is 1. The molecule has 4 nitrogen and oxygen atoms in total. The summed E-state index contributed by atoms with van der Waals surface area (Å²) >= 11 is 0. The second-order valence-corrected chi connectivity index (χ2v) is 2.88. The monoisotopic (exact) mass is 212 g/mol. The van der Waals surface area contributed by atoms with E-state index in [0.717, 1.165) is 5.01 Å². The summed E-state index contributed by atoms with van der Waals surface area (Å²) in [4.78, 5) is 11.4. The van der Waals surface area contributed by atoms with Crippen molar-refractivity contribution in [3.8, 4) is 0 Å². The molecular weight excluding hydrogens is 199 g/mol. The first-order valence-electron chi connectivity index (χ1n) is 4.56. The number of carbonyl (C=O) groups is 1. The Hall–Kier alpha value is -1.46. The van der Waals surface area contributed by atoms with Crippen LogP contribution in [0.1, 0.15) is 6.92 Å². The second kappa shape index (κ2) is 5.43. The Kier molecular flexibility index (Phi) is 4.20. The maximum atomic E-state index is 12.6. The molecule has 0 aliphatic rings. The van der Waals surface area contributed by atoms with Crippen LogP contribution < -0.4 is 10.9 Å². The van der Waals surface area contributed by atoms with Crippen molar-refractivity contribution in [2.45, 2.75) is 6.92 Å². The van der Waals surface area contributed by atoms with Gasteiger partial charge in [-0.05, 0) is 31.2 Å². The molecule has 1 aromatic carbocycles. The van der Waals surface area contributed by atoms with Crippen molar-refractivity contribution in [3.63, 3.8) is 0 Å². The number of hydrazine groups is 1. The highest BCUT2D eigenvalue weighted by molar-refractivity contribution is 5.92. The predicted octanol–water partition coefficient (Wildman–Crippen LogP) is 1.07. The Balaban J connectivity index is 2.63. The molecule has 1 rings (SSSR count). The van der Waals surface area contributed by atoms with Gasteiger partial charge in [0, 0.05) is 6.61 Å². The third-order valence-electron chi connectivity index (χ3n) is 1.80. The SMILES string of the molecule is CCOCC(=O)N(N)c1ccc(F)cc1. The smallest absolute Gasteiger partial charge is 0.267 e. The fourth-order valence-corrected chi connectivity index (χ4v) is 1.00. The molecule has 15 heavy (non-hydrogen) atoms. The van der Waals surface area contributed by atoms with Crippen molar-refractivity contribution in [2.75, 3.05) is 18.2 Å². The van der Waals surface area contributed by atoms with E-state index in [4.69, 9.17) is 10.6 Å². The van der Waals surface area contributed by atoms with Crippen LogP contribution in [0.4, 0.5) is 10.1 Å². The Morgan fingerprint density at radius 2 is 2.07 bits per heavy atom. The number of carbonyl (C=O) groups excluding carboxylic acids is 1. The number of nitrogens with zero attached hydrogens (tertiary/aromatic N) is 1. The standard InChI is InChI=1S/C10H13FN2O2/c1-2-15-7-10(14)13(12)9-5-3-8(11)4-6-9/h3-6H,2,7,12H2,1H3. The highest BCUT2D eigenvalue weighted by Gasteiger charge is 2.11. The molecule has 0 radical (unpaired) electrons. The molecule has 0 aromatic heterocycles. The van der Waals surface area contributed by atoms with Gasteiger partial charge in [-0.2, -0.15) is 0 Å². The van der Waals surface area contributed by atoms with Gasteiger partial charge >= 0.3 is 0 Å². The predicted molar refractivity (Wildman–Crippen MR) is 54.6 cm³/mol. The first kappa shape index (κ1) is 11.6. The number of ether oxygens (including phenoxy) is 1. The minimum atomic E-state index is -0.372. The molecule has 0 fully saturated rings. The van der Waals surface area contributed by atoms with E-state index in [1.807, 2.05) is 0 Å². The summed E-state index contributed by atoms with van der Waals surface area (Å²) in [5.74, 6) is 4.77. The molecule has 0 bridgehead atoms. The van der Waals surface area contributed by atoms with Crippen LogP contribution in [-0.4, -0.2) is 19.1 Å². The zero-order valence-electron chi connectivity index (χ0n) is 8.44. The van der Waals surface area contributed by atoms with Crippen molar-refractivity contribution >= 4 is 11.6 Å². The lowest BCUT2D eigenvalue weighted by Gasteiger charge is -2.16. The summed E-state index contributed by atoms with van der Waals surface area (Å²) in [6.07, 6.45) is 0. The average Bonchev–Trinajstić information content (AvgIpc) is 2.26. The van der Waals surface area contributed by atoms with Crippen LogP contribution in [0, 0.1) is 5.82 Å². The lowest BCUT2D eigenvalue weighted by Crippen LogP contribution is -2.40. The van der Waals surface area contributed by atoms with Crippen LogP contribution in [-0.2, 0) is 9.53 Å². The number of anilines is 1. The van der Waals surface area contributed by atoms with Gasteiger partial charge in [-0.1, -0.05) is 0 Å². The molecule has 0 atom stereocenters. The maximum absolute atomic E-state index is 12.6. The molecular formula is C10H13FN2O2. The number of rotatable bonds is 4. The van der Waals surface area contributed by atoms with Gasteiger partial charge in [-0.25, -0.2) is 15.2 Å². The topological polar surface area (TPSA) is 55.6 Å². The summed E-state index contributed by atoms with van der Waals surface area (Å²) in [5.41, 5.74) is 0.432. The molecule has 0 heterocycles. The molecule has 0 unspecified atom stereocenters. The Morgan fingerprint density at radius 3 is 2.60 bits per heavy atom. The summed E-state index contributed by atoms with van der Waals surface area (Å²) < 4.78 is 17.5. The first-order valence-corrected chi connectivity index (χ1v) is 4.56. The van der Waals surface area contributed by atoms with E-state index < -0.39 is 0 Å². The number of amides is 1. The summed E-state index contributed by atoms with van der Waals surface area (Å²) in [6.45, 7) is 2.15. The Labute approximate surface area is 87.4 Å². The van der Waals surface area contributed by atoms with Crippen molar-refractivity contribution in [1.29, 1.82) is 0 Å². The summed E-state index contributed by atoms with van der Waals surface area (Å²) in [6, 6.07) is 5.34. The van der Waals surface area contributed by atoms with Crippen LogP contribution in [0.25, 0.3) is 0 Å².